The molecule has 5 rings (SSSR count). The first-order valence-electron chi connectivity index (χ1n) is 13.0. The molecule has 0 bridgehead atoms. The number of piperazine rings is 1. The van der Waals surface area contributed by atoms with Gasteiger partial charge in [-0.3, -0.25) is 19.8 Å². The number of anilines is 3. The van der Waals surface area contributed by atoms with Crippen molar-refractivity contribution in [1.82, 2.24) is 10.2 Å². The molecular weight excluding hydrogens is 516 g/mol. The summed E-state index contributed by atoms with van der Waals surface area (Å²) in [5.74, 6) is -1.07. The fourth-order valence-electron chi connectivity index (χ4n) is 5.58. The minimum atomic E-state index is -0.625. The molecule has 2 N–H and O–H groups in total. The third kappa shape index (κ3) is 5.66. The van der Waals surface area contributed by atoms with Crippen LogP contribution in [-0.4, -0.2) is 75.2 Å². The average molecular weight is 548 g/mol. The van der Waals surface area contributed by atoms with E-state index in [2.05, 4.69) is 20.4 Å². The highest BCUT2D eigenvalue weighted by molar-refractivity contribution is 6.30. The molecule has 0 aliphatic carbocycles. The fraction of sp³-hybridized carbons (Fsp3) is 0.481. The number of carbonyl (C=O) groups is 2. The number of imide groups is 1. The predicted octanol–water partition coefficient (Wildman–Crippen LogP) is 3.63. The minimum Gasteiger partial charge on any atom is -0.495 e. The maximum atomic E-state index is 15.2. The number of carbonyl (C=O) groups excluding carboxylic acids is 2. The van der Waals surface area contributed by atoms with Crippen LogP contribution in [-0.2, 0) is 9.59 Å². The normalized spacial score (nSPS) is 21.4. The van der Waals surface area contributed by atoms with Gasteiger partial charge in [0, 0.05) is 69.6 Å². The molecule has 0 aromatic heterocycles. The van der Waals surface area contributed by atoms with Crippen molar-refractivity contribution in [2.45, 2.75) is 37.8 Å². The van der Waals surface area contributed by atoms with E-state index in [1.165, 1.54) is 19.2 Å². The van der Waals surface area contributed by atoms with Crippen LogP contribution in [0.25, 0.3) is 0 Å². The molecule has 0 spiro atoms. The molecule has 3 aliphatic rings. The lowest BCUT2D eigenvalue weighted by molar-refractivity contribution is -0.133. The zero-order valence-corrected chi connectivity index (χ0v) is 22.1. The second-order valence-corrected chi connectivity index (χ2v) is 10.4. The SMILES string of the molecule is COc1cc(N2CCN(C3CCN(c4ccc(Cl)c(F)c4)CC3)CC2)c(F)cc1NC1CCC(=O)NC1=O. The quantitative estimate of drug-likeness (QED) is 0.535. The number of nitrogens with one attached hydrogen (secondary N) is 2. The van der Waals surface area contributed by atoms with Crippen LogP contribution < -0.4 is 25.2 Å². The van der Waals surface area contributed by atoms with Crippen molar-refractivity contribution in [2.75, 3.05) is 61.5 Å². The summed E-state index contributed by atoms with van der Waals surface area (Å²) in [6, 6.07) is 7.80. The molecule has 2 aromatic rings. The Labute approximate surface area is 225 Å². The molecule has 204 valence electrons. The van der Waals surface area contributed by atoms with Crippen LogP contribution in [0.5, 0.6) is 5.75 Å². The molecular formula is C27H32ClF2N5O3. The van der Waals surface area contributed by atoms with Gasteiger partial charge in [-0.1, -0.05) is 11.6 Å². The molecule has 1 unspecified atom stereocenters. The van der Waals surface area contributed by atoms with E-state index in [1.807, 2.05) is 11.0 Å². The Hall–Kier alpha value is -3.11. The number of piperidine rings is 2. The first-order chi connectivity index (χ1) is 18.3. The van der Waals surface area contributed by atoms with Gasteiger partial charge in [-0.2, -0.15) is 0 Å². The molecule has 38 heavy (non-hydrogen) atoms. The van der Waals surface area contributed by atoms with E-state index in [1.54, 1.807) is 12.1 Å². The van der Waals surface area contributed by atoms with Gasteiger partial charge in [0.15, 0.2) is 0 Å². The van der Waals surface area contributed by atoms with E-state index in [0.717, 1.165) is 44.7 Å². The number of rotatable bonds is 6. The number of hydrogen-bond donors (Lipinski definition) is 2. The highest BCUT2D eigenvalue weighted by atomic mass is 35.5. The molecule has 2 amide bonds. The van der Waals surface area contributed by atoms with Crippen LogP contribution in [0.2, 0.25) is 5.02 Å². The van der Waals surface area contributed by atoms with Crippen LogP contribution in [0.1, 0.15) is 25.7 Å². The van der Waals surface area contributed by atoms with Gasteiger partial charge in [-0.25, -0.2) is 8.78 Å². The average Bonchev–Trinajstić information content (AvgIpc) is 2.92. The van der Waals surface area contributed by atoms with Gasteiger partial charge in [0.1, 0.15) is 23.4 Å². The monoisotopic (exact) mass is 547 g/mol. The van der Waals surface area contributed by atoms with Crippen molar-refractivity contribution in [1.29, 1.82) is 0 Å². The number of ether oxygens (including phenoxy) is 1. The first-order valence-corrected chi connectivity index (χ1v) is 13.4. The summed E-state index contributed by atoms with van der Waals surface area (Å²) < 4.78 is 34.6. The van der Waals surface area contributed by atoms with E-state index < -0.39 is 23.6 Å². The summed E-state index contributed by atoms with van der Waals surface area (Å²) in [5, 5.41) is 5.46. The van der Waals surface area contributed by atoms with E-state index in [9.17, 15) is 14.0 Å². The molecule has 0 radical (unpaired) electrons. The van der Waals surface area contributed by atoms with Crippen LogP contribution in [0, 0.1) is 11.6 Å². The van der Waals surface area contributed by atoms with Gasteiger partial charge in [0.05, 0.1) is 23.5 Å². The Bertz CT molecular complexity index is 1200. The summed E-state index contributed by atoms with van der Waals surface area (Å²) >= 11 is 5.82. The van der Waals surface area contributed by atoms with E-state index in [0.29, 0.717) is 42.7 Å². The van der Waals surface area contributed by atoms with Crippen molar-refractivity contribution in [3.8, 4) is 5.75 Å². The Kier molecular flexibility index (Phi) is 7.90. The largest absolute Gasteiger partial charge is 0.495 e. The lowest BCUT2D eigenvalue weighted by atomic mass is 10.0. The Morgan fingerprint density at radius 2 is 1.68 bits per heavy atom. The highest BCUT2D eigenvalue weighted by Crippen LogP contribution is 2.35. The van der Waals surface area contributed by atoms with Crippen molar-refractivity contribution in [2.24, 2.45) is 0 Å². The lowest BCUT2D eigenvalue weighted by Crippen LogP contribution is -2.53. The van der Waals surface area contributed by atoms with Crippen LogP contribution in [0.4, 0.5) is 25.8 Å². The van der Waals surface area contributed by atoms with E-state index >= 15 is 4.39 Å². The number of halogens is 3. The Balaban J connectivity index is 1.17. The van der Waals surface area contributed by atoms with Crippen LogP contribution >= 0.6 is 11.6 Å². The van der Waals surface area contributed by atoms with E-state index in [-0.39, 0.29) is 17.4 Å². The molecule has 2 aromatic carbocycles. The summed E-state index contributed by atoms with van der Waals surface area (Å²) in [5.41, 5.74) is 1.71. The first kappa shape index (κ1) is 26.5. The Morgan fingerprint density at radius 3 is 2.34 bits per heavy atom. The number of methoxy groups -OCH3 is 1. The number of hydrogen-bond acceptors (Lipinski definition) is 7. The van der Waals surface area contributed by atoms with Gasteiger partial charge in [0.2, 0.25) is 11.8 Å². The molecule has 3 aliphatic heterocycles. The minimum absolute atomic E-state index is 0.135. The van der Waals surface area contributed by atoms with Gasteiger partial charge in [-0.15, -0.1) is 0 Å². The predicted molar refractivity (Wildman–Crippen MR) is 143 cm³/mol. The second-order valence-electron chi connectivity index (χ2n) is 9.99. The summed E-state index contributed by atoms with van der Waals surface area (Å²) in [7, 11) is 1.51. The Morgan fingerprint density at radius 1 is 0.947 bits per heavy atom. The molecule has 3 saturated heterocycles. The number of amides is 2. The summed E-state index contributed by atoms with van der Waals surface area (Å²) in [6.45, 7) is 4.70. The van der Waals surface area contributed by atoms with Crippen molar-refractivity contribution in [3.63, 3.8) is 0 Å². The van der Waals surface area contributed by atoms with Crippen LogP contribution in [0.15, 0.2) is 30.3 Å². The standard InChI is InChI=1S/C27H32ClF2N5O3/c1-38-25-16-24(21(30)15-23(25)31-22-4-5-26(36)32-27(22)37)35-12-10-34(11-13-35)17-6-8-33(9-7-17)18-2-3-19(28)20(29)14-18/h2-3,14-17,22,31H,4-13H2,1H3,(H,32,36,37). The van der Waals surface area contributed by atoms with Crippen molar-refractivity contribution < 1.29 is 23.1 Å². The topological polar surface area (TPSA) is 77.2 Å². The maximum absolute atomic E-state index is 15.2. The van der Waals surface area contributed by atoms with Gasteiger partial charge in [-0.05, 0) is 37.5 Å². The fourth-order valence-corrected chi connectivity index (χ4v) is 5.70. The van der Waals surface area contributed by atoms with Gasteiger partial charge in [0.25, 0.3) is 0 Å². The molecule has 3 fully saturated rings. The highest BCUT2D eigenvalue weighted by Gasteiger charge is 2.30. The molecule has 11 heteroatoms. The number of benzene rings is 2. The smallest absolute Gasteiger partial charge is 0.249 e. The summed E-state index contributed by atoms with van der Waals surface area (Å²) in [6.07, 6.45) is 2.53. The maximum Gasteiger partial charge on any atom is 0.249 e. The van der Waals surface area contributed by atoms with Gasteiger partial charge < -0.3 is 19.9 Å². The van der Waals surface area contributed by atoms with Gasteiger partial charge >= 0.3 is 0 Å². The third-order valence-electron chi connectivity index (χ3n) is 7.74. The van der Waals surface area contributed by atoms with E-state index in [4.69, 9.17) is 16.3 Å². The zero-order valence-electron chi connectivity index (χ0n) is 21.3. The second kappa shape index (κ2) is 11.3. The van der Waals surface area contributed by atoms with Crippen LogP contribution in [0.3, 0.4) is 0 Å². The molecule has 8 nitrogen and oxygen atoms in total. The third-order valence-corrected chi connectivity index (χ3v) is 8.05. The lowest BCUT2D eigenvalue weighted by Gasteiger charge is -2.44. The summed E-state index contributed by atoms with van der Waals surface area (Å²) in [4.78, 5) is 30.2. The van der Waals surface area contributed by atoms with Crippen molar-refractivity contribution >= 4 is 40.5 Å². The van der Waals surface area contributed by atoms with Crippen molar-refractivity contribution in [3.05, 3.63) is 47.0 Å². The molecule has 3 heterocycles. The molecule has 0 saturated carbocycles. The molecule has 1 atom stereocenters. The zero-order chi connectivity index (χ0) is 26.8. The number of nitrogens with zero attached hydrogens (tertiary/aromatic N) is 3.